The number of anilines is 1. The van der Waals surface area contributed by atoms with E-state index in [2.05, 4.69) is 41.6 Å². The molecule has 1 amide bonds. The van der Waals surface area contributed by atoms with Gasteiger partial charge in [0.2, 0.25) is 5.91 Å². The molecule has 7 heteroatoms. The number of carbonyl (C=O) groups is 1. The van der Waals surface area contributed by atoms with Crippen LogP contribution >= 0.6 is 11.3 Å². The number of hydrogen-bond donors (Lipinski definition) is 1. The zero-order chi connectivity index (χ0) is 20.1. The molecule has 0 saturated heterocycles. The van der Waals surface area contributed by atoms with Crippen molar-refractivity contribution in [2.45, 2.75) is 33.4 Å². The highest BCUT2D eigenvalue weighted by Crippen LogP contribution is 2.38. The molecule has 3 rings (SSSR count). The van der Waals surface area contributed by atoms with Crippen molar-refractivity contribution in [3.05, 3.63) is 41.5 Å². The standard InChI is InChI=1S/C21H26N4O2S/c1-14(2)25(11-10-22-15(3)26)20-19-17(16-8-6-5-7-9-16)13-28-21(19)24-18(23-20)12-27-4/h5-9,13-14H,10-12H2,1-4H3,(H,22,26). The fraction of sp³-hybridized carbons (Fsp3) is 0.381. The van der Waals surface area contributed by atoms with Gasteiger partial charge in [-0.15, -0.1) is 11.3 Å². The number of thiophene rings is 1. The van der Waals surface area contributed by atoms with Gasteiger partial charge in [0.25, 0.3) is 0 Å². The summed E-state index contributed by atoms with van der Waals surface area (Å²) in [6.45, 7) is 7.38. The molecule has 0 unspecified atom stereocenters. The molecule has 0 atom stereocenters. The van der Waals surface area contributed by atoms with Crippen molar-refractivity contribution < 1.29 is 9.53 Å². The van der Waals surface area contributed by atoms with Crippen molar-refractivity contribution in [2.75, 3.05) is 25.1 Å². The molecule has 0 aliphatic carbocycles. The third-order valence-electron chi connectivity index (χ3n) is 4.44. The molecule has 6 nitrogen and oxygen atoms in total. The first-order valence-corrected chi connectivity index (χ1v) is 10.2. The van der Waals surface area contributed by atoms with Gasteiger partial charge < -0.3 is 15.0 Å². The molecule has 0 aliphatic heterocycles. The smallest absolute Gasteiger partial charge is 0.216 e. The third-order valence-corrected chi connectivity index (χ3v) is 5.31. The zero-order valence-electron chi connectivity index (χ0n) is 16.7. The molecule has 0 aliphatic rings. The highest BCUT2D eigenvalue weighted by atomic mass is 32.1. The lowest BCUT2D eigenvalue weighted by molar-refractivity contribution is -0.118. The molecule has 1 N–H and O–H groups in total. The molecule has 0 saturated carbocycles. The van der Waals surface area contributed by atoms with Crippen molar-refractivity contribution >= 4 is 33.3 Å². The lowest BCUT2D eigenvalue weighted by Gasteiger charge is -2.29. The van der Waals surface area contributed by atoms with Crippen molar-refractivity contribution in [1.29, 1.82) is 0 Å². The lowest BCUT2D eigenvalue weighted by Crippen LogP contribution is -2.39. The van der Waals surface area contributed by atoms with Gasteiger partial charge in [0, 0.05) is 44.1 Å². The molecule has 148 valence electrons. The second-order valence-electron chi connectivity index (χ2n) is 6.86. The minimum absolute atomic E-state index is 0.0304. The van der Waals surface area contributed by atoms with E-state index in [0.29, 0.717) is 25.5 Å². The van der Waals surface area contributed by atoms with E-state index >= 15 is 0 Å². The number of methoxy groups -OCH3 is 1. The van der Waals surface area contributed by atoms with Crippen LogP contribution in [0.2, 0.25) is 0 Å². The van der Waals surface area contributed by atoms with Crippen LogP contribution in [0, 0.1) is 0 Å². The normalized spacial score (nSPS) is 11.2. The summed E-state index contributed by atoms with van der Waals surface area (Å²) in [5.74, 6) is 1.52. The average Bonchev–Trinajstić information content (AvgIpc) is 3.09. The fourth-order valence-electron chi connectivity index (χ4n) is 3.16. The molecular weight excluding hydrogens is 372 g/mol. The summed E-state index contributed by atoms with van der Waals surface area (Å²) in [6, 6.07) is 10.5. The molecule has 28 heavy (non-hydrogen) atoms. The van der Waals surface area contributed by atoms with Crippen molar-refractivity contribution in [3.63, 3.8) is 0 Å². The topological polar surface area (TPSA) is 67.3 Å². The Morgan fingerprint density at radius 2 is 2.00 bits per heavy atom. The summed E-state index contributed by atoms with van der Waals surface area (Å²) < 4.78 is 5.28. The predicted molar refractivity (Wildman–Crippen MR) is 115 cm³/mol. The Morgan fingerprint density at radius 1 is 1.25 bits per heavy atom. The number of nitrogens with zero attached hydrogens (tertiary/aromatic N) is 3. The van der Waals surface area contributed by atoms with E-state index in [1.165, 1.54) is 6.92 Å². The van der Waals surface area contributed by atoms with E-state index in [1.807, 2.05) is 18.2 Å². The summed E-state index contributed by atoms with van der Waals surface area (Å²) in [6.07, 6.45) is 0. The Morgan fingerprint density at radius 3 is 2.64 bits per heavy atom. The third kappa shape index (κ3) is 4.48. The maximum absolute atomic E-state index is 11.3. The van der Waals surface area contributed by atoms with Gasteiger partial charge in [-0.25, -0.2) is 9.97 Å². The van der Waals surface area contributed by atoms with Gasteiger partial charge in [0.05, 0.1) is 5.39 Å². The van der Waals surface area contributed by atoms with Crippen LogP contribution in [0.3, 0.4) is 0 Å². The maximum atomic E-state index is 11.3. The van der Waals surface area contributed by atoms with Gasteiger partial charge in [-0.1, -0.05) is 30.3 Å². The van der Waals surface area contributed by atoms with Crippen LogP contribution in [0.15, 0.2) is 35.7 Å². The van der Waals surface area contributed by atoms with Gasteiger partial charge in [0.15, 0.2) is 5.82 Å². The van der Waals surface area contributed by atoms with Gasteiger partial charge in [-0.05, 0) is 19.4 Å². The van der Waals surface area contributed by atoms with Crippen molar-refractivity contribution in [1.82, 2.24) is 15.3 Å². The summed E-state index contributed by atoms with van der Waals surface area (Å²) in [5.41, 5.74) is 2.27. The first kappa shape index (κ1) is 20.2. The van der Waals surface area contributed by atoms with Gasteiger partial charge in [-0.2, -0.15) is 0 Å². The second-order valence-corrected chi connectivity index (χ2v) is 7.72. The molecule has 0 spiro atoms. The van der Waals surface area contributed by atoms with Crippen LogP contribution in [0.1, 0.15) is 26.6 Å². The average molecular weight is 399 g/mol. The van der Waals surface area contributed by atoms with E-state index in [0.717, 1.165) is 27.2 Å². The molecule has 3 aromatic rings. The van der Waals surface area contributed by atoms with E-state index in [-0.39, 0.29) is 11.9 Å². The summed E-state index contributed by atoms with van der Waals surface area (Å²) in [4.78, 5) is 24.0. The Hall–Kier alpha value is -2.51. The number of benzene rings is 1. The fourth-order valence-corrected chi connectivity index (χ4v) is 4.12. The highest BCUT2D eigenvalue weighted by Gasteiger charge is 2.21. The summed E-state index contributed by atoms with van der Waals surface area (Å²) in [5, 5.41) is 6.07. The summed E-state index contributed by atoms with van der Waals surface area (Å²) in [7, 11) is 1.65. The Balaban J connectivity index is 2.13. The molecule has 0 fully saturated rings. The first-order chi connectivity index (χ1) is 13.5. The molecule has 2 heterocycles. The lowest BCUT2D eigenvalue weighted by atomic mass is 10.1. The van der Waals surface area contributed by atoms with E-state index in [9.17, 15) is 4.79 Å². The molecule has 1 aromatic carbocycles. The van der Waals surface area contributed by atoms with Crippen molar-refractivity contribution in [2.24, 2.45) is 0 Å². The number of ether oxygens (including phenoxy) is 1. The Bertz CT molecular complexity index is 940. The molecule has 2 aromatic heterocycles. The molecular formula is C21H26N4O2S. The number of aromatic nitrogens is 2. The van der Waals surface area contributed by atoms with Crippen LogP contribution in [0.4, 0.5) is 5.82 Å². The van der Waals surface area contributed by atoms with Crippen LogP contribution in [0.5, 0.6) is 0 Å². The maximum Gasteiger partial charge on any atom is 0.216 e. The van der Waals surface area contributed by atoms with Gasteiger partial charge in [-0.3, -0.25) is 4.79 Å². The van der Waals surface area contributed by atoms with Crippen LogP contribution in [0.25, 0.3) is 21.3 Å². The van der Waals surface area contributed by atoms with Crippen LogP contribution in [-0.4, -0.2) is 42.1 Å². The monoisotopic (exact) mass is 398 g/mol. The van der Waals surface area contributed by atoms with Crippen molar-refractivity contribution in [3.8, 4) is 11.1 Å². The van der Waals surface area contributed by atoms with E-state index < -0.39 is 0 Å². The quantitative estimate of drug-likeness (QED) is 0.624. The van der Waals surface area contributed by atoms with E-state index in [1.54, 1.807) is 18.4 Å². The Kier molecular flexibility index (Phi) is 6.59. The van der Waals surface area contributed by atoms with Gasteiger partial charge >= 0.3 is 0 Å². The number of hydrogen-bond acceptors (Lipinski definition) is 6. The van der Waals surface area contributed by atoms with E-state index in [4.69, 9.17) is 14.7 Å². The number of amides is 1. The van der Waals surface area contributed by atoms with Gasteiger partial charge in [0.1, 0.15) is 17.3 Å². The SMILES string of the molecule is COCc1nc(N(CCNC(C)=O)C(C)C)c2c(-c3ccccc3)csc2n1. The Labute approximate surface area is 169 Å². The number of nitrogens with one attached hydrogen (secondary N) is 1. The number of rotatable bonds is 8. The predicted octanol–water partition coefficient (Wildman–Crippen LogP) is 3.86. The molecule has 0 bridgehead atoms. The molecule has 0 radical (unpaired) electrons. The zero-order valence-corrected chi connectivity index (χ0v) is 17.5. The number of carbonyl (C=O) groups excluding carboxylic acids is 1. The minimum atomic E-state index is -0.0304. The second kappa shape index (κ2) is 9.12. The largest absolute Gasteiger partial charge is 0.377 e. The number of fused-ring (bicyclic) bond motifs is 1. The van der Waals surface area contributed by atoms with Crippen LogP contribution in [-0.2, 0) is 16.1 Å². The first-order valence-electron chi connectivity index (χ1n) is 9.34. The summed E-state index contributed by atoms with van der Waals surface area (Å²) >= 11 is 1.62. The minimum Gasteiger partial charge on any atom is -0.377 e. The highest BCUT2D eigenvalue weighted by molar-refractivity contribution is 7.17. The van der Waals surface area contributed by atoms with Crippen LogP contribution < -0.4 is 10.2 Å².